The topological polar surface area (TPSA) is 39.1 Å². The molecule has 2 heterocycles. The second-order valence-electron chi connectivity index (χ2n) is 4.76. The van der Waals surface area contributed by atoms with Crippen molar-refractivity contribution < 1.29 is 17.9 Å². The molecule has 0 spiro atoms. The predicted octanol–water partition coefficient (Wildman–Crippen LogP) is 2.72. The highest BCUT2D eigenvalue weighted by Gasteiger charge is 2.27. The second-order valence-corrected chi connectivity index (χ2v) is 4.76. The third kappa shape index (κ3) is 4.44. The number of hydrogen-bond donors (Lipinski definition) is 1. The maximum atomic E-state index is 12.4. The smallest absolute Gasteiger partial charge is 0.383 e. The van der Waals surface area contributed by atoms with Crippen LogP contribution >= 0.6 is 0 Å². The Morgan fingerprint density at radius 3 is 2.90 bits per heavy atom. The van der Waals surface area contributed by atoms with Gasteiger partial charge in [0.25, 0.3) is 0 Å². The van der Waals surface area contributed by atoms with Crippen molar-refractivity contribution in [2.45, 2.75) is 25.7 Å². The maximum Gasteiger partial charge on any atom is 0.390 e. The molecule has 7 heteroatoms. The standard InChI is InChI=1S/C14H18F3N3O/c1-21-8-6-18-9-11-10-20(7-4-14(15,16)17)13-12(11)3-2-5-19-13/h2-3,5,10,18H,4,6-9H2,1H3. The molecular formula is C14H18F3N3O. The number of alkyl halides is 3. The van der Waals surface area contributed by atoms with Gasteiger partial charge < -0.3 is 14.6 Å². The summed E-state index contributed by atoms with van der Waals surface area (Å²) in [4.78, 5) is 4.19. The minimum absolute atomic E-state index is 0.116. The summed E-state index contributed by atoms with van der Waals surface area (Å²) in [5.41, 5.74) is 1.53. The van der Waals surface area contributed by atoms with E-state index in [1.54, 1.807) is 30.1 Å². The molecule has 116 valence electrons. The Kier molecular flexibility index (Phi) is 5.19. The summed E-state index contributed by atoms with van der Waals surface area (Å²) >= 11 is 0. The highest BCUT2D eigenvalue weighted by Crippen LogP contribution is 2.24. The molecule has 21 heavy (non-hydrogen) atoms. The zero-order valence-electron chi connectivity index (χ0n) is 11.8. The van der Waals surface area contributed by atoms with E-state index in [9.17, 15) is 13.2 Å². The zero-order chi connectivity index (χ0) is 15.3. The molecule has 2 aromatic rings. The van der Waals surface area contributed by atoms with Crippen molar-refractivity contribution in [3.63, 3.8) is 0 Å². The van der Waals surface area contributed by atoms with Gasteiger partial charge in [-0.05, 0) is 17.7 Å². The number of methoxy groups -OCH3 is 1. The summed E-state index contributed by atoms with van der Waals surface area (Å²) in [6.07, 6.45) is -1.69. The molecular weight excluding hydrogens is 283 g/mol. The first-order chi connectivity index (χ1) is 10.0. The van der Waals surface area contributed by atoms with Crippen LogP contribution in [0.25, 0.3) is 11.0 Å². The Morgan fingerprint density at radius 1 is 1.38 bits per heavy atom. The van der Waals surface area contributed by atoms with Crippen LogP contribution in [-0.2, 0) is 17.8 Å². The van der Waals surface area contributed by atoms with Crippen LogP contribution in [0.4, 0.5) is 13.2 Å². The molecule has 0 saturated heterocycles. The van der Waals surface area contributed by atoms with Crippen LogP contribution in [0.2, 0.25) is 0 Å². The van der Waals surface area contributed by atoms with Crippen molar-refractivity contribution in [2.75, 3.05) is 20.3 Å². The van der Waals surface area contributed by atoms with Gasteiger partial charge in [0.1, 0.15) is 5.65 Å². The maximum absolute atomic E-state index is 12.4. The minimum atomic E-state index is -4.16. The van der Waals surface area contributed by atoms with Gasteiger partial charge in [-0.1, -0.05) is 0 Å². The summed E-state index contributed by atoms with van der Waals surface area (Å²) in [6.45, 7) is 1.73. The molecule has 0 bridgehead atoms. The number of fused-ring (bicyclic) bond motifs is 1. The Bertz CT molecular complexity index is 580. The van der Waals surface area contributed by atoms with Crippen LogP contribution in [0.5, 0.6) is 0 Å². The first kappa shape index (κ1) is 15.8. The Morgan fingerprint density at radius 2 is 2.19 bits per heavy atom. The van der Waals surface area contributed by atoms with E-state index in [0.29, 0.717) is 25.3 Å². The molecule has 0 fully saturated rings. The number of nitrogens with one attached hydrogen (secondary N) is 1. The third-order valence-electron chi connectivity index (χ3n) is 3.15. The summed E-state index contributed by atoms with van der Waals surface area (Å²) in [5.74, 6) is 0. The summed E-state index contributed by atoms with van der Waals surface area (Å²) < 4.78 is 43.6. The molecule has 0 amide bonds. The number of nitrogens with zero attached hydrogens (tertiary/aromatic N) is 2. The molecule has 0 aromatic carbocycles. The molecule has 0 aliphatic carbocycles. The first-order valence-corrected chi connectivity index (χ1v) is 6.70. The Labute approximate surface area is 120 Å². The fourth-order valence-electron chi connectivity index (χ4n) is 2.15. The van der Waals surface area contributed by atoms with Gasteiger partial charge in [0, 0.05) is 44.5 Å². The van der Waals surface area contributed by atoms with E-state index in [4.69, 9.17) is 4.74 Å². The van der Waals surface area contributed by atoms with Crippen LogP contribution < -0.4 is 5.32 Å². The average molecular weight is 301 g/mol. The second kappa shape index (κ2) is 6.91. The fraction of sp³-hybridized carbons (Fsp3) is 0.500. The monoisotopic (exact) mass is 301 g/mol. The number of aromatic nitrogens is 2. The van der Waals surface area contributed by atoms with E-state index in [-0.39, 0.29) is 6.54 Å². The Hall–Kier alpha value is -1.60. The molecule has 1 N–H and O–H groups in total. The van der Waals surface area contributed by atoms with Gasteiger partial charge in [0.15, 0.2) is 0 Å². The molecule has 0 radical (unpaired) electrons. The number of ether oxygens (including phenoxy) is 1. The van der Waals surface area contributed by atoms with E-state index in [1.807, 2.05) is 6.07 Å². The van der Waals surface area contributed by atoms with E-state index < -0.39 is 12.6 Å². The lowest BCUT2D eigenvalue weighted by Gasteiger charge is -2.07. The van der Waals surface area contributed by atoms with Crippen molar-refractivity contribution in [3.05, 3.63) is 30.1 Å². The van der Waals surface area contributed by atoms with Crippen molar-refractivity contribution in [2.24, 2.45) is 0 Å². The molecule has 0 aliphatic heterocycles. The van der Waals surface area contributed by atoms with Crippen molar-refractivity contribution in [1.82, 2.24) is 14.9 Å². The quantitative estimate of drug-likeness (QED) is 0.799. The van der Waals surface area contributed by atoms with Crippen LogP contribution in [0.3, 0.4) is 0 Å². The van der Waals surface area contributed by atoms with E-state index in [2.05, 4.69) is 10.3 Å². The molecule has 0 unspecified atom stereocenters. The summed E-state index contributed by atoms with van der Waals surface area (Å²) in [7, 11) is 1.62. The van der Waals surface area contributed by atoms with Gasteiger partial charge in [0.05, 0.1) is 13.0 Å². The van der Waals surface area contributed by atoms with Gasteiger partial charge in [-0.2, -0.15) is 13.2 Å². The molecule has 2 aromatic heterocycles. The van der Waals surface area contributed by atoms with E-state index >= 15 is 0 Å². The van der Waals surface area contributed by atoms with Crippen molar-refractivity contribution >= 4 is 11.0 Å². The molecule has 0 saturated carbocycles. The number of pyridine rings is 1. The number of hydrogen-bond acceptors (Lipinski definition) is 3. The number of halogens is 3. The van der Waals surface area contributed by atoms with Crippen LogP contribution in [0, 0.1) is 0 Å². The lowest BCUT2D eigenvalue weighted by Crippen LogP contribution is -2.18. The fourth-order valence-corrected chi connectivity index (χ4v) is 2.15. The molecule has 2 rings (SSSR count). The lowest BCUT2D eigenvalue weighted by molar-refractivity contribution is -0.136. The van der Waals surface area contributed by atoms with Crippen LogP contribution in [0.1, 0.15) is 12.0 Å². The summed E-state index contributed by atoms with van der Waals surface area (Å²) in [5, 5.41) is 4.07. The largest absolute Gasteiger partial charge is 0.390 e. The van der Waals surface area contributed by atoms with E-state index in [1.165, 1.54) is 0 Å². The number of aryl methyl sites for hydroxylation is 1. The predicted molar refractivity (Wildman–Crippen MR) is 74.0 cm³/mol. The average Bonchev–Trinajstić information content (AvgIpc) is 2.79. The molecule has 0 atom stereocenters. The van der Waals surface area contributed by atoms with E-state index in [0.717, 1.165) is 10.9 Å². The summed E-state index contributed by atoms with van der Waals surface area (Å²) in [6, 6.07) is 3.66. The van der Waals surface area contributed by atoms with Gasteiger partial charge >= 0.3 is 6.18 Å². The van der Waals surface area contributed by atoms with Crippen molar-refractivity contribution in [3.8, 4) is 0 Å². The highest BCUT2D eigenvalue weighted by molar-refractivity contribution is 5.80. The molecule has 0 aliphatic rings. The zero-order valence-corrected chi connectivity index (χ0v) is 11.8. The third-order valence-corrected chi connectivity index (χ3v) is 3.15. The normalized spacial score (nSPS) is 12.2. The van der Waals surface area contributed by atoms with Gasteiger partial charge in [-0.3, -0.25) is 0 Å². The Balaban J connectivity index is 2.14. The van der Waals surface area contributed by atoms with Gasteiger partial charge in [0.2, 0.25) is 0 Å². The van der Waals surface area contributed by atoms with Crippen LogP contribution in [-0.4, -0.2) is 36.0 Å². The van der Waals surface area contributed by atoms with Gasteiger partial charge in [-0.15, -0.1) is 0 Å². The first-order valence-electron chi connectivity index (χ1n) is 6.70. The lowest BCUT2D eigenvalue weighted by atomic mass is 10.2. The number of rotatable bonds is 7. The van der Waals surface area contributed by atoms with Crippen molar-refractivity contribution in [1.29, 1.82) is 0 Å². The van der Waals surface area contributed by atoms with Crippen LogP contribution in [0.15, 0.2) is 24.5 Å². The minimum Gasteiger partial charge on any atom is -0.383 e. The molecule has 4 nitrogen and oxygen atoms in total. The van der Waals surface area contributed by atoms with Gasteiger partial charge in [-0.25, -0.2) is 4.98 Å². The highest BCUT2D eigenvalue weighted by atomic mass is 19.4. The SMILES string of the molecule is COCCNCc1cn(CCC(F)(F)F)c2ncccc12.